The Kier molecular flexibility index (Phi) is 7.49. The Morgan fingerprint density at radius 2 is 1.68 bits per heavy atom. The van der Waals surface area contributed by atoms with Gasteiger partial charge in [-0.2, -0.15) is 0 Å². The zero-order chi connectivity index (χ0) is 19.9. The van der Waals surface area contributed by atoms with E-state index in [9.17, 15) is 9.59 Å². The monoisotopic (exact) mass is 385 g/mol. The molecule has 28 heavy (non-hydrogen) atoms. The highest BCUT2D eigenvalue weighted by atomic mass is 16.2. The third kappa shape index (κ3) is 5.81. The van der Waals surface area contributed by atoms with Crippen LogP contribution in [-0.2, 0) is 16.1 Å². The molecule has 0 aromatic heterocycles. The normalized spacial score (nSPS) is 23.9. The average molecular weight is 386 g/mol. The van der Waals surface area contributed by atoms with E-state index in [4.69, 9.17) is 0 Å². The summed E-state index contributed by atoms with van der Waals surface area (Å²) >= 11 is 0. The molecule has 1 saturated carbocycles. The number of carbonyl (C=O) groups excluding carboxylic acids is 2. The highest BCUT2D eigenvalue weighted by molar-refractivity contribution is 5.79. The molecule has 5 nitrogen and oxygen atoms in total. The Balaban J connectivity index is 1.37. The maximum atomic E-state index is 12.7. The highest BCUT2D eigenvalue weighted by Gasteiger charge is 2.29. The van der Waals surface area contributed by atoms with Gasteiger partial charge in [0.05, 0.1) is 6.54 Å². The van der Waals surface area contributed by atoms with Crippen LogP contribution < -0.4 is 5.32 Å². The third-order valence-electron chi connectivity index (χ3n) is 6.55. The van der Waals surface area contributed by atoms with E-state index in [1.165, 1.54) is 12.8 Å². The molecule has 1 aliphatic carbocycles. The van der Waals surface area contributed by atoms with Gasteiger partial charge in [0, 0.05) is 25.6 Å². The van der Waals surface area contributed by atoms with Crippen molar-refractivity contribution in [2.75, 3.05) is 26.7 Å². The molecule has 1 heterocycles. The van der Waals surface area contributed by atoms with E-state index in [-0.39, 0.29) is 17.7 Å². The minimum atomic E-state index is 0.0626. The summed E-state index contributed by atoms with van der Waals surface area (Å²) in [4.78, 5) is 29.3. The number of nitrogens with zero attached hydrogens (tertiary/aromatic N) is 2. The maximum Gasteiger partial charge on any atom is 0.236 e. The van der Waals surface area contributed by atoms with Crippen molar-refractivity contribution in [3.63, 3.8) is 0 Å². The molecule has 2 amide bonds. The predicted octanol–water partition coefficient (Wildman–Crippen LogP) is 3.05. The number of hydrogen-bond donors (Lipinski definition) is 1. The number of piperidine rings is 1. The summed E-state index contributed by atoms with van der Waals surface area (Å²) in [5.74, 6) is 1.23. The van der Waals surface area contributed by atoms with Gasteiger partial charge in [-0.15, -0.1) is 0 Å². The first-order valence-corrected chi connectivity index (χ1v) is 10.8. The molecule has 154 valence electrons. The summed E-state index contributed by atoms with van der Waals surface area (Å²) in [7, 11) is 1.97. The molecule has 0 bridgehead atoms. The second-order valence-electron chi connectivity index (χ2n) is 8.67. The van der Waals surface area contributed by atoms with Crippen molar-refractivity contribution in [3.05, 3.63) is 35.9 Å². The van der Waals surface area contributed by atoms with Crippen molar-refractivity contribution >= 4 is 11.8 Å². The van der Waals surface area contributed by atoms with Crippen molar-refractivity contribution < 1.29 is 9.59 Å². The zero-order valence-electron chi connectivity index (χ0n) is 17.4. The van der Waals surface area contributed by atoms with Crippen molar-refractivity contribution in [2.45, 2.75) is 58.0 Å². The molecule has 1 saturated heterocycles. The molecule has 1 aliphatic heterocycles. The number of carbonyl (C=O) groups is 2. The average Bonchev–Trinajstić information content (AvgIpc) is 2.73. The van der Waals surface area contributed by atoms with Gasteiger partial charge in [0.2, 0.25) is 11.8 Å². The molecular formula is C23H35N3O2. The van der Waals surface area contributed by atoms with Crippen molar-refractivity contribution in [1.82, 2.24) is 15.1 Å². The first-order chi connectivity index (χ1) is 13.5. The van der Waals surface area contributed by atoms with Crippen LogP contribution >= 0.6 is 0 Å². The van der Waals surface area contributed by atoms with Gasteiger partial charge in [-0.3, -0.25) is 14.5 Å². The zero-order valence-corrected chi connectivity index (χ0v) is 17.4. The molecule has 0 unspecified atom stereocenters. The Morgan fingerprint density at radius 3 is 2.32 bits per heavy atom. The van der Waals surface area contributed by atoms with E-state index in [1.807, 2.05) is 42.3 Å². The highest BCUT2D eigenvalue weighted by Crippen LogP contribution is 2.26. The van der Waals surface area contributed by atoms with Gasteiger partial charge in [0.25, 0.3) is 0 Å². The number of amides is 2. The number of likely N-dealkylation sites (N-methyl/N-ethyl adjacent to an activating group) is 1. The lowest BCUT2D eigenvalue weighted by Crippen LogP contribution is -2.47. The summed E-state index contributed by atoms with van der Waals surface area (Å²) in [5.41, 5.74) is 1.12. The molecule has 0 atom stereocenters. The van der Waals surface area contributed by atoms with Crippen LogP contribution in [0.25, 0.3) is 0 Å². The molecule has 1 aromatic carbocycles. The topological polar surface area (TPSA) is 52.7 Å². The second-order valence-corrected chi connectivity index (χ2v) is 8.67. The fourth-order valence-electron chi connectivity index (χ4n) is 4.42. The van der Waals surface area contributed by atoms with Crippen LogP contribution in [0.15, 0.2) is 30.3 Å². The lowest BCUT2D eigenvalue weighted by atomic mass is 9.87. The largest absolute Gasteiger partial charge is 0.352 e. The molecule has 1 N–H and O–H groups in total. The van der Waals surface area contributed by atoms with Crippen LogP contribution in [0.1, 0.15) is 51.0 Å². The van der Waals surface area contributed by atoms with Crippen LogP contribution in [0.4, 0.5) is 0 Å². The number of rotatable bonds is 6. The standard InChI is InChI=1S/C23H35N3O2/c1-18-8-10-21(11-9-18)25(2)22(27)17-26-14-12-20(13-15-26)23(28)24-16-19-6-4-3-5-7-19/h3-7,18,20-21H,8-17H2,1-2H3,(H,24,28). The van der Waals surface area contributed by atoms with E-state index < -0.39 is 0 Å². The minimum absolute atomic E-state index is 0.0626. The van der Waals surface area contributed by atoms with E-state index in [1.54, 1.807) is 0 Å². The molecule has 2 aliphatic rings. The van der Waals surface area contributed by atoms with Crippen molar-refractivity contribution in [3.8, 4) is 0 Å². The van der Waals surface area contributed by atoms with E-state index in [0.717, 1.165) is 50.3 Å². The van der Waals surface area contributed by atoms with Crippen molar-refractivity contribution in [2.24, 2.45) is 11.8 Å². The van der Waals surface area contributed by atoms with E-state index in [2.05, 4.69) is 17.1 Å². The summed E-state index contributed by atoms with van der Waals surface area (Å²) < 4.78 is 0. The Hall–Kier alpha value is -1.88. The smallest absolute Gasteiger partial charge is 0.236 e. The Morgan fingerprint density at radius 1 is 1.04 bits per heavy atom. The molecule has 1 aromatic rings. The molecular weight excluding hydrogens is 350 g/mol. The Bertz CT molecular complexity index is 633. The minimum Gasteiger partial charge on any atom is -0.352 e. The molecule has 5 heteroatoms. The van der Waals surface area contributed by atoms with Crippen LogP contribution in [0, 0.1) is 11.8 Å². The van der Waals surface area contributed by atoms with Gasteiger partial charge in [0.1, 0.15) is 0 Å². The number of nitrogens with one attached hydrogen (secondary N) is 1. The molecule has 3 rings (SSSR count). The lowest BCUT2D eigenvalue weighted by Gasteiger charge is -2.36. The summed E-state index contributed by atoms with van der Waals surface area (Å²) in [6, 6.07) is 10.4. The van der Waals surface area contributed by atoms with Gasteiger partial charge in [0.15, 0.2) is 0 Å². The molecule has 0 radical (unpaired) electrons. The van der Waals surface area contributed by atoms with Gasteiger partial charge in [-0.25, -0.2) is 0 Å². The summed E-state index contributed by atoms with van der Waals surface area (Å²) in [6.45, 7) is 5.03. The van der Waals surface area contributed by atoms with Gasteiger partial charge < -0.3 is 10.2 Å². The van der Waals surface area contributed by atoms with Crippen LogP contribution in [0.3, 0.4) is 0 Å². The maximum absolute atomic E-state index is 12.7. The lowest BCUT2D eigenvalue weighted by molar-refractivity contribution is -0.134. The van der Waals surface area contributed by atoms with E-state index >= 15 is 0 Å². The SMILES string of the molecule is CC1CCC(N(C)C(=O)CN2CCC(C(=O)NCc3ccccc3)CC2)CC1. The fraction of sp³-hybridized carbons (Fsp3) is 0.652. The molecule has 2 fully saturated rings. The number of likely N-dealkylation sites (tertiary alicyclic amines) is 1. The fourth-order valence-corrected chi connectivity index (χ4v) is 4.42. The first-order valence-electron chi connectivity index (χ1n) is 10.8. The molecule has 0 spiro atoms. The van der Waals surface area contributed by atoms with E-state index in [0.29, 0.717) is 19.1 Å². The second kappa shape index (κ2) is 10.1. The Labute approximate surface area is 169 Å². The summed E-state index contributed by atoms with van der Waals surface area (Å²) in [6.07, 6.45) is 6.38. The van der Waals surface area contributed by atoms with Gasteiger partial charge in [-0.1, -0.05) is 37.3 Å². The number of benzene rings is 1. The predicted molar refractivity (Wildman–Crippen MR) is 112 cm³/mol. The first kappa shape index (κ1) is 20.8. The van der Waals surface area contributed by atoms with Crippen LogP contribution in [-0.4, -0.2) is 54.3 Å². The number of hydrogen-bond acceptors (Lipinski definition) is 3. The van der Waals surface area contributed by atoms with Gasteiger partial charge in [-0.05, 0) is 63.1 Å². The van der Waals surface area contributed by atoms with Crippen molar-refractivity contribution in [1.29, 1.82) is 0 Å². The van der Waals surface area contributed by atoms with Gasteiger partial charge >= 0.3 is 0 Å². The van der Waals surface area contributed by atoms with Crippen LogP contribution in [0.5, 0.6) is 0 Å². The van der Waals surface area contributed by atoms with Crippen LogP contribution in [0.2, 0.25) is 0 Å². The summed E-state index contributed by atoms with van der Waals surface area (Å²) in [5, 5.41) is 3.06. The third-order valence-corrected chi connectivity index (χ3v) is 6.55. The quantitative estimate of drug-likeness (QED) is 0.819.